The third-order valence-electron chi connectivity index (χ3n) is 2.12. The Balaban J connectivity index is 2.17. The molecule has 1 heterocycles. The molecule has 1 aromatic rings. The highest BCUT2D eigenvalue weighted by Gasteiger charge is 2.26. The molecule has 0 saturated carbocycles. The van der Waals surface area contributed by atoms with Gasteiger partial charge in [0, 0.05) is 25.5 Å². The van der Waals surface area contributed by atoms with Crippen molar-refractivity contribution < 1.29 is 22.6 Å². The van der Waals surface area contributed by atoms with Gasteiger partial charge in [0.1, 0.15) is 0 Å². The highest BCUT2D eigenvalue weighted by molar-refractivity contribution is 7.09. The summed E-state index contributed by atoms with van der Waals surface area (Å²) in [5, 5.41) is 4.93. The summed E-state index contributed by atoms with van der Waals surface area (Å²) in [6.45, 7) is 0.735. The first-order valence-corrected chi connectivity index (χ1v) is 6.66. The minimum absolute atomic E-state index is 0.126. The summed E-state index contributed by atoms with van der Waals surface area (Å²) in [5.41, 5.74) is 0.626. The predicted molar refractivity (Wildman–Crippen MR) is 66.3 cm³/mol. The molecule has 0 bridgehead atoms. The van der Waals surface area contributed by atoms with Crippen LogP contribution >= 0.6 is 11.3 Å². The van der Waals surface area contributed by atoms with E-state index in [9.17, 15) is 13.2 Å². The van der Waals surface area contributed by atoms with Crippen molar-refractivity contribution in [3.63, 3.8) is 0 Å². The van der Waals surface area contributed by atoms with Gasteiger partial charge in [0.25, 0.3) is 0 Å². The number of ether oxygens (including phenoxy) is 2. The molecule has 0 fully saturated rings. The van der Waals surface area contributed by atoms with Gasteiger partial charge >= 0.3 is 6.18 Å². The quantitative estimate of drug-likeness (QED) is 0.708. The first kappa shape index (κ1) is 16.4. The summed E-state index contributed by atoms with van der Waals surface area (Å²) in [6.07, 6.45) is -3.53. The summed E-state index contributed by atoms with van der Waals surface area (Å²) < 4.78 is 45.9. The van der Waals surface area contributed by atoms with E-state index in [1.807, 2.05) is 0 Å². The maximum absolute atomic E-state index is 11.9. The van der Waals surface area contributed by atoms with Crippen molar-refractivity contribution in [1.29, 1.82) is 0 Å². The Kier molecular flexibility index (Phi) is 7.29. The Hall–Kier alpha value is -0.700. The van der Waals surface area contributed by atoms with Gasteiger partial charge in [0.15, 0.2) is 0 Å². The fourth-order valence-electron chi connectivity index (χ4n) is 1.28. The minimum atomic E-state index is -4.19. The van der Waals surface area contributed by atoms with E-state index in [1.165, 1.54) is 11.3 Å². The number of thiazole rings is 1. The molecule has 0 saturated heterocycles. The van der Waals surface area contributed by atoms with Gasteiger partial charge in [-0.2, -0.15) is 13.2 Å². The molecule has 0 unspecified atom stereocenters. The number of halogens is 3. The lowest BCUT2D eigenvalue weighted by atomic mass is 10.4. The van der Waals surface area contributed by atoms with E-state index in [2.05, 4.69) is 10.3 Å². The van der Waals surface area contributed by atoms with Gasteiger partial charge in [-0.05, 0) is 0 Å². The van der Waals surface area contributed by atoms with E-state index in [0.29, 0.717) is 31.9 Å². The molecule has 0 aromatic carbocycles. The van der Waals surface area contributed by atoms with Crippen molar-refractivity contribution in [3.05, 3.63) is 16.1 Å². The molecule has 0 aliphatic heterocycles. The molecule has 0 aliphatic rings. The number of hydrogen-bond acceptors (Lipinski definition) is 5. The predicted octanol–water partition coefficient (Wildman–Crippen LogP) is 2.00. The summed E-state index contributed by atoms with van der Waals surface area (Å²) in [4.78, 5) is 4.23. The normalized spacial score (nSPS) is 12.0. The zero-order valence-corrected chi connectivity index (χ0v) is 11.4. The standard InChI is InChI=1S/C11H17F3N2O2S/c1-17-4-5-18-3-2-10-16-9(7-19-10)6-15-8-11(12,13)14/h7,15H,2-6,8H2,1H3. The van der Waals surface area contributed by atoms with Crippen molar-refractivity contribution in [2.75, 3.05) is 33.5 Å². The summed E-state index contributed by atoms with van der Waals surface area (Å²) in [7, 11) is 1.60. The molecule has 1 aromatic heterocycles. The lowest BCUT2D eigenvalue weighted by molar-refractivity contribution is -0.125. The molecule has 0 amide bonds. The van der Waals surface area contributed by atoms with Crippen molar-refractivity contribution in [3.8, 4) is 0 Å². The second kappa shape index (κ2) is 8.47. The Bertz CT molecular complexity index is 358. The van der Waals surface area contributed by atoms with Crippen LogP contribution in [0, 0.1) is 0 Å². The van der Waals surface area contributed by atoms with E-state index in [4.69, 9.17) is 9.47 Å². The van der Waals surface area contributed by atoms with Gasteiger partial charge in [0.05, 0.1) is 37.1 Å². The highest BCUT2D eigenvalue weighted by Crippen LogP contribution is 2.14. The van der Waals surface area contributed by atoms with E-state index < -0.39 is 12.7 Å². The van der Waals surface area contributed by atoms with Crippen molar-refractivity contribution in [2.24, 2.45) is 0 Å². The fraction of sp³-hybridized carbons (Fsp3) is 0.727. The fourth-order valence-corrected chi connectivity index (χ4v) is 2.06. The summed E-state index contributed by atoms with van der Waals surface area (Å²) in [6, 6.07) is 0. The number of hydrogen-bond donors (Lipinski definition) is 1. The minimum Gasteiger partial charge on any atom is -0.382 e. The third kappa shape index (κ3) is 8.14. The second-order valence-electron chi connectivity index (χ2n) is 3.81. The van der Waals surface area contributed by atoms with Gasteiger partial charge < -0.3 is 14.8 Å². The maximum atomic E-state index is 11.9. The first-order chi connectivity index (χ1) is 9.01. The second-order valence-corrected chi connectivity index (χ2v) is 4.75. The largest absolute Gasteiger partial charge is 0.401 e. The van der Waals surface area contributed by atoms with E-state index in [0.717, 1.165) is 5.01 Å². The van der Waals surface area contributed by atoms with Crippen LogP contribution in [-0.2, 0) is 22.4 Å². The Morgan fingerprint density at radius 2 is 2.11 bits per heavy atom. The van der Waals surface area contributed by atoms with Crippen LogP contribution in [0.15, 0.2) is 5.38 Å². The average Bonchev–Trinajstić information content (AvgIpc) is 2.75. The van der Waals surface area contributed by atoms with Crippen LogP contribution in [0.5, 0.6) is 0 Å². The number of alkyl halides is 3. The van der Waals surface area contributed by atoms with Gasteiger partial charge in [0.2, 0.25) is 0 Å². The monoisotopic (exact) mass is 298 g/mol. The Labute approximate surface area is 113 Å². The van der Waals surface area contributed by atoms with Crippen LogP contribution < -0.4 is 5.32 Å². The van der Waals surface area contributed by atoms with Gasteiger partial charge in [-0.15, -0.1) is 11.3 Å². The van der Waals surface area contributed by atoms with Crippen molar-refractivity contribution >= 4 is 11.3 Å². The molecule has 1 rings (SSSR count). The molecule has 0 aliphatic carbocycles. The van der Waals surface area contributed by atoms with Gasteiger partial charge in [-0.1, -0.05) is 0 Å². The summed E-state index contributed by atoms with van der Waals surface area (Å²) >= 11 is 1.43. The third-order valence-corrected chi connectivity index (χ3v) is 3.08. The zero-order valence-electron chi connectivity index (χ0n) is 10.6. The smallest absolute Gasteiger partial charge is 0.382 e. The number of nitrogens with one attached hydrogen (secondary N) is 1. The number of methoxy groups -OCH3 is 1. The first-order valence-electron chi connectivity index (χ1n) is 5.78. The number of nitrogens with zero attached hydrogens (tertiary/aromatic N) is 1. The SMILES string of the molecule is COCCOCCc1nc(CNCC(F)(F)F)cs1. The van der Waals surface area contributed by atoms with Crippen molar-refractivity contribution in [1.82, 2.24) is 10.3 Å². The van der Waals surface area contributed by atoms with E-state index >= 15 is 0 Å². The zero-order chi connectivity index (χ0) is 14.1. The van der Waals surface area contributed by atoms with E-state index in [-0.39, 0.29) is 6.54 Å². The lowest BCUT2D eigenvalue weighted by Gasteiger charge is -2.06. The van der Waals surface area contributed by atoms with Gasteiger partial charge in [-0.3, -0.25) is 0 Å². The Morgan fingerprint density at radius 1 is 1.32 bits per heavy atom. The van der Waals surface area contributed by atoms with Crippen LogP contribution in [0.25, 0.3) is 0 Å². The van der Waals surface area contributed by atoms with Crippen LogP contribution in [0.1, 0.15) is 10.7 Å². The average molecular weight is 298 g/mol. The summed E-state index contributed by atoms with van der Waals surface area (Å²) in [5.74, 6) is 0. The van der Waals surface area contributed by atoms with Crippen LogP contribution in [0.3, 0.4) is 0 Å². The van der Waals surface area contributed by atoms with E-state index in [1.54, 1.807) is 12.5 Å². The molecule has 8 heteroatoms. The topological polar surface area (TPSA) is 43.4 Å². The molecule has 0 atom stereocenters. The lowest BCUT2D eigenvalue weighted by Crippen LogP contribution is -2.28. The molecular formula is C11H17F3N2O2S. The number of rotatable bonds is 9. The van der Waals surface area contributed by atoms with Gasteiger partial charge in [-0.25, -0.2) is 4.98 Å². The Morgan fingerprint density at radius 3 is 2.79 bits per heavy atom. The molecule has 0 spiro atoms. The van der Waals surface area contributed by atoms with Crippen LogP contribution in [0.4, 0.5) is 13.2 Å². The van der Waals surface area contributed by atoms with Crippen molar-refractivity contribution in [2.45, 2.75) is 19.1 Å². The molecule has 0 radical (unpaired) electrons. The molecular weight excluding hydrogens is 281 g/mol. The molecule has 1 N–H and O–H groups in total. The molecule has 110 valence electrons. The number of aromatic nitrogens is 1. The maximum Gasteiger partial charge on any atom is 0.401 e. The van der Waals surface area contributed by atoms with Crippen LogP contribution in [-0.4, -0.2) is 44.6 Å². The molecule has 19 heavy (non-hydrogen) atoms. The van der Waals surface area contributed by atoms with Crippen LogP contribution in [0.2, 0.25) is 0 Å². The molecule has 4 nitrogen and oxygen atoms in total. The highest BCUT2D eigenvalue weighted by atomic mass is 32.1.